The molecule has 11 rings (SSSR count). The third-order valence-electron chi connectivity index (χ3n) is 10.5. The minimum atomic E-state index is 0.818. The topological polar surface area (TPSA) is 39.4 Å². The molecular weight excluding hydrogens is 613 g/mol. The minimum absolute atomic E-state index is 0.818. The maximum Gasteiger partial charge on any atom is 0.147 e. The number of rotatable bonds is 3. The van der Waals surface area contributed by atoms with E-state index < -0.39 is 0 Å². The number of para-hydroxylation sites is 2. The van der Waals surface area contributed by atoms with Gasteiger partial charge in [0.05, 0.1) is 5.39 Å². The summed E-state index contributed by atoms with van der Waals surface area (Å²) in [5.41, 5.74) is 11.0. The predicted octanol–water partition coefficient (Wildman–Crippen LogP) is 13.8. The quantitative estimate of drug-likeness (QED) is 0.180. The second-order valence-corrected chi connectivity index (χ2v) is 13.1. The SMILES string of the molecule is Cc1c(-c2c3ccccc3c(-c3cccc4c3oc3c4ccc4oc5cccc(-c6ccccc6)c5c43)c3ccccc23)oc2ccccc12. The number of aryl methyl sites for hydroxylation is 1. The van der Waals surface area contributed by atoms with E-state index in [1.54, 1.807) is 0 Å². The van der Waals surface area contributed by atoms with Gasteiger partial charge in [0.25, 0.3) is 0 Å². The summed E-state index contributed by atoms with van der Waals surface area (Å²) in [6.45, 7) is 2.16. The van der Waals surface area contributed by atoms with Crippen molar-refractivity contribution in [3.8, 4) is 33.6 Å². The lowest BCUT2D eigenvalue weighted by Gasteiger charge is -2.17. The molecule has 0 aliphatic heterocycles. The third-order valence-corrected chi connectivity index (χ3v) is 10.5. The van der Waals surface area contributed by atoms with E-state index in [0.29, 0.717) is 0 Å². The molecule has 0 atom stereocenters. The second-order valence-electron chi connectivity index (χ2n) is 13.1. The molecule has 0 bridgehead atoms. The highest BCUT2D eigenvalue weighted by molar-refractivity contribution is 6.28. The molecule has 0 spiro atoms. The van der Waals surface area contributed by atoms with Crippen LogP contribution in [0, 0.1) is 6.92 Å². The molecule has 0 aliphatic rings. The van der Waals surface area contributed by atoms with E-state index >= 15 is 0 Å². The first kappa shape index (κ1) is 27.4. The summed E-state index contributed by atoms with van der Waals surface area (Å²) >= 11 is 0. The molecule has 3 heteroatoms. The van der Waals surface area contributed by atoms with Crippen LogP contribution in [0.2, 0.25) is 0 Å². The molecule has 0 saturated heterocycles. The number of furan rings is 3. The molecule has 3 aromatic heterocycles. The van der Waals surface area contributed by atoms with Crippen molar-refractivity contribution in [3.05, 3.63) is 157 Å². The van der Waals surface area contributed by atoms with E-state index in [2.05, 4.69) is 140 Å². The van der Waals surface area contributed by atoms with Crippen LogP contribution in [0.4, 0.5) is 0 Å². The molecule has 11 aromatic rings. The van der Waals surface area contributed by atoms with Crippen LogP contribution in [0.3, 0.4) is 0 Å². The van der Waals surface area contributed by atoms with Gasteiger partial charge in [0.1, 0.15) is 33.7 Å². The fourth-order valence-corrected chi connectivity index (χ4v) is 8.29. The summed E-state index contributed by atoms with van der Waals surface area (Å²) in [4.78, 5) is 0. The normalized spacial score (nSPS) is 12.1. The zero-order valence-electron chi connectivity index (χ0n) is 27.2. The van der Waals surface area contributed by atoms with Crippen molar-refractivity contribution < 1.29 is 13.3 Å². The van der Waals surface area contributed by atoms with E-state index in [-0.39, 0.29) is 0 Å². The Balaban J connectivity index is 1.25. The molecule has 0 aliphatic carbocycles. The highest BCUT2D eigenvalue weighted by Gasteiger charge is 2.24. The maximum atomic E-state index is 7.10. The molecular formula is C47H28O3. The van der Waals surface area contributed by atoms with Gasteiger partial charge in [-0.3, -0.25) is 0 Å². The predicted molar refractivity (Wildman–Crippen MR) is 207 cm³/mol. The van der Waals surface area contributed by atoms with Crippen molar-refractivity contribution in [1.29, 1.82) is 0 Å². The van der Waals surface area contributed by atoms with Gasteiger partial charge in [-0.1, -0.05) is 127 Å². The van der Waals surface area contributed by atoms with Gasteiger partial charge < -0.3 is 13.3 Å². The van der Waals surface area contributed by atoms with Crippen molar-refractivity contribution in [2.24, 2.45) is 0 Å². The molecule has 8 aromatic carbocycles. The molecule has 0 N–H and O–H groups in total. The van der Waals surface area contributed by atoms with E-state index in [0.717, 1.165) is 116 Å². The Labute approximate surface area is 286 Å². The van der Waals surface area contributed by atoms with Crippen molar-refractivity contribution >= 4 is 76.4 Å². The first-order valence-corrected chi connectivity index (χ1v) is 17.0. The number of hydrogen-bond donors (Lipinski definition) is 0. The summed E-state index contributed by atoms with van der Waals surface area (Å²) in [7, 11) is 0. The smallest absolute Gasteiger partial charge is 0.147 e. The van der Waals surface area contributed by atoms with Gasteiger partial charge in [0, 0.05) is 43.8 Å². The van der Waals surface area contributed by atoms with Crippen LogP contribution < -0.4 is 0 Å². The van der Waals surface area contributed by atoms with Crippen molar-refractivity contribution in [1.82, 2.24) is 0 Å². The Hall–Kier alpha value is -6.58. The number of hydrogen-bond acceptors (Lipinski definition) is 3. The average molecular weight is 641 g/mol. The second kappa shape index (κ2) is 10.2. The number of benzene rings is 8. The average Bonchev–Trinajstić information content (AvgIpc) is 3.85. The minimum Gasteiger partial charge on any atom is -0.456 e. The summed E-state index contributed by atoms with van der Waals surface area (Å²) in [6.07, 6.45) is 0. The fourth-order valence-electron chi connectivity index (χ4n) is 8.29. The molecule has 50 heavy (non-hydrogen) atoms. The van der Waals surface area contributed by atoms with Gasteiger partial charge in [0.15, 0.2) is 0 Å². The van der Waals surface area contributed by atoms with Crippen molar-refractivity contribution in [2.45, 2.75) is 6.92 Å². The molecule has 0 fully saturated rings. The van der Waals surface area contributed by atoms with Crippen LogP contribution in [0.25, 0.3) is 110 Å². The third kappa shape index (κ3) is 3.69. The Morgan fingerprint density at radius 1 is 0.340 bits per heavy atom. The van der Waals surface area contributed by atoms with E-state index in [4.69, 9.17) is 13.3 Å². The zero-order valence-corrected chi connectivity index (χ0v) is 27.2. The van der Waals surface area contributed by atoms with Gasteiger partial charge in [-0.15, -0.1) is 0 Å². The van der Waals surface area contributed by atoms with Crippen LogP contribution in [-0.2, 0) is 0 Å². The van der Waals surface area contributed by atoms with Crippen LogP contribution in [0.15, 0.2) is 165 Å². The highest BCUT2D eigenvalue weighted by atomic mass is 16.3. The lowest BCUT2D eigenvalue weighted by molar-refractivity contribution is 0.630. The first-order chi connectivity index (χ1) is 24.7. The Morgan fingerprint density at radius 2 is 0.900 bits per heavy atom. The summed E-state index contributed by atoms with van der Waals surface area (Å²) in [5, 5.41) is 9.96. The first-order valence-electron chi connectivity index (χ1n) is 17.0. The van der Waals surface area contributed by atoms with Gasteiger partial charge in [-0.2, -0.15) is 0 Å². The van der Waals surface area contributed by atoms with Gasteiger partial charge >= 0.3 is 0 Å². The zero-order chi connectivity index (χ0) is 32.9. The van der Waals surface area contributed by atoms with Crippen LogP contribution >= 0.6 is 0 Å². The molecule has 0 radical (unpaired) electrons. The van der Waals surface area contributed by atoms with Crippen LogP contribution in [-0.4, -0.2) is 0 Å². The molecule has 3 heterocycles. The van der Waals surface area contributed by atoms with Crippen LogP contribution in [0.5, 0.6) is 0 Å². The number of fused-ring (bicyclic) bond motifs is 10. The van der Waals surface area contributed by atoms with Gasteiger partial charge in [-0.05, 0) is 63.9 Å². The largest absolute Gasteiger partial charge is 0.456 e. The fraction of sp³-hybridized carbons (Fsp3) is 0.0213. The molecule has 0 unspecified atom stereocenters. The monoisotopic (exact) mass is 640 g/mol. The van der Waals surface area contributed by atoms with Crippen molar-refractivity contribution in [3.63, 3.8) is 0 Å². The Bertz CT molecular complexity index is 3100. The molecule has 3 nitrogen and oxygen atoms in total. The summed E-state index contributed by atoms with van der Waals surface area (Å²) in [6, 6.07) is 53.2. The van der Waals surface area contributed by atoms with Gasteiger partial charge in [0.2, 0.25) is 0 Å². The summed E-state index contributed by atoms with van der Waals surface area (Å²) < 4.78 is 20.2. The Morgan fingerprint density at radius 3 is 1.64 bits per heavy atom. The highest BCUT2D eigenvalue weighted by Crippen LogP contribution is 2.49. The molecule has 0 amide bonds. The van der Waals surface area contributed by atoms with E-state index in [9.17, 15) is 0 Å². The lowest BCUT2D eigenvalue weighted by Crippen LogP contribution is -1.91. The standard InChI is InChI=1S/C47H28O3/c1-27-29-15-9-10-23-38(29)49-45(27)42-33-18-7-5-16-31(33)41(32-17-6-8-19-34(32)42)37-22-11-21-35-36-25-26-40-44(47(36)50-46(35)37)43-30(20-12-24-39(43)48-40)28-13-3-2-4-14-28/h2-26H,1H3. The van der Waals surface area contributed by atoms with Gasteiger partial charge in [-0.25, -0.2) is 0 Å². The Kier molecular flexibility index (Phi) is 5.59. The van der Waals surface area contributed by atoms with Crippen LogP contribution in [0.1, 0.15) is 5.56 Å². The summed E-state index contributed by atoms with van der Waals surface area (Å²) in [5.74, 6) is 0.913. The van der Waals surface area contributed by atoms with Crippen molar-refractivity contribution in [2.75, 3.05) is 0 Å². The lowest BCUT2D eigenvalue weighted by atomic mass is 9.86. The molecule has 0 saturated carbocycles. The van der Waals surface area contributed by atoms with E-state index in [1.807, 2.05) is 18.2 Å². The molecule has 234 valence electrons. The van der Waals surface area contributed by atoms with E-state index in [1.165, 1.54) is 0 Å². The maximum absolute atomic E-state index is 7.10.